The zero-order valence-corrected chi connectivity index (χ0v) is 18.4. The smallest absolute Gasteiger partial charge is 0.253 e. The SMILES string of the molecule is CC(C)c1ccc(-n2cnnc2SCC(=O)Nc2ccccc2C(=O)NC2CC2)cc1. The van der Waals surface area contributed by atoms with Crippen LogP contribution in [0.1, 0.15) is 48.5 Å². The van der Waals surface area contributed by atoms with Gasteiger partial charge in [-0.3, -0.25) is 14.2 Å². The van der Waals surface area contributed by atoms with Crippen molar-refractivity contribution < 1.29 is 9.59 Å². The molecular weight excluding hydrogens is 410 g/mol. The summed E-state index contributed by atoms with van der Waals surface area (Å²) >= 11 is 1.30. The molecule has 1 aliphatic carbocycles. The number of amides is 2. The van der Waals surface area contributed by atoms with Gasteiger partial charge >= 0.3 is 0 Å². The highest BCUT2D eigenvalue weighted by atomic mass is 32.2. The Hall–Kier alpha value is -3.13. The molecule has 160 valence electrons. The predicted molar refractivity (Wildman–Crippen MR) is 122 cm³/mol. The van der Waals surface area contributed by atoms with E-state index in [0.29, 0.717) is 22.3 Å². The van der Waals surface area contributed by atoms with E-state index >= 15 is 0 Å². The second kappa shape index (κ2) is 9.34. The monoisotopic (exact) mass is 435 g/mol. The maximum absolute atomic E-state index is 12.6. The number of thioether (sulfide) groups is 1. The first-order valence-corrected chi connectivity index (χ1v) is 11.3. The number of nitrogens with one attached hydrogen (secondary N) is 2. The molecular formula is C23H25N5O2S. The van der Waals surface area contributed by atoms with Crippen molar-refractivity contribution in [1.29, 1.82) is 0 Å². The first-order valence-electron chi connectivity index (χ1n) is 10.3. The number of aromatic nitrogens is 3. The second-order valence-corrected chi connectivity index (χ2v) is 8.80. The number of benzene rings is 2. The van der Waals surface area contributed by atoms with Gasteiger partial charge in [-0.15, -0.1) is 10.2 Å². The summed E-state index contributed by atoms with van der Waals surface area (Å²) in [5.41, 5.74) is 3.19. The van der Waals surface area contributed by atoms with Crippen molar-refractivity contribution in [2.75, 3.05) is 11.1 Å². The number of nitrogens with zero attached hydrogens (tertiary/aromatic N) is 3. The maximum atomic E-state index is 12.6. The topological polar surface area (TPSA) is 88.9 Å². The second-order valence-electron chi connectivity index (χ2n) is 7.86. The molecule has 0 spiro atoms. The fraction of sp³-hybridized carbons (Fsp3) is 0.304. The molecule has 1 aromatic heterocycles. The summed E-state index contributed by atoms with van der Waals surface area (Å²) in [6, 6.07) is 15.5. The van der Waals surface area contributed by atoms with Crippen LogP contribution in [0.4, 0.5) is 5.69 Å². The van der Waals surface area contributed by atoms with E-state index < -0.39 is 0 Å². The minimum absolute atomic E-state index is 0.154. The molecule has 1 fully saturated rings. The Morgan fingerprint density at radius 3 is 2.58 bits per heavy atom. The molecule has 0 saturated heterocycles. The first-order chi connectivity index (χ1) is 15.0. The van der Waals surface area contributed by atoms with E-state index in [-0.39, 0.29) is 23.6 Å². The molecule has 0 atom stereocenters. The third kappa shape index (κ3) is 5.32. The predicted octanol–water partition coefficient (Wildman–Crippen LogP) is 4.01. The number of rotatable bonds is 8. The summed E-state index contributed by atoms with van der Waals surface area (Å²) in [7, 11) is 0. The third-order valence-corrected chi connectivity index (χ3v) is 5.99. The molecule has 4 rings (SSSR count). The Balaban J connectivity index is 1.39. The van der Waals surface area contributed by atoms with Crippen molar-refractivity contribution in [3.8, 4) is 5.69 Å². The molecule has 2 N–H and O–H groups in total. The fourth-order valence-corrected chi connectivity index (χ4v) is 3.85. The van der Waals surface area contributed by atoms with E-state index in [1.165, 1.54) is 17.3 Å². The van der Waals surface area contributed by atoms with Gasteiger partial charge in [-0.2, -0.15) is 0 Å². The number of hydrogen-bond acceptors (Lipinski definition) is 5. The Morgan fingerprint density at radius 2 is 1.87 bits per heavy atom. The summed E-state index contributed by atoms with van der Waals surface area (Å²) in [5.74, 6) is 0.250. The summed E-state index contributed by atoms with van der Waals surface area (Å²) in [5, 5.41) is 14.6. The molecule has 31 heavy (non-hydrogen) atoms. The van der Waals surface area contributed by atoms with Gasteiger partial charge < -0.3 is 10.6 Å². The Morgan fingerprint density at radius 1 is 1.13 bits per heavy atom. The van der Waals surface area contributed by atoms with Gasteiger partial charge in [-0.25, -0.2) is 0 Å². The average Bonchev–Trinajstić information content (AvgIpc) is 3.45. The molecule has 2 aromatic carbocycles. The van der Waals surface area contributed by atoms with Gasteiger partial charge in [0, 0.05) is 11.7 Å². The fourth-order valence-electron chi connectivity index (χ4n) is 3.12. The molecule has 7 nitrogen and oxygen atoms in total. The molecule has 0 aliphatic heterocycles. The van der Waals surface area contributed by atoms with Gasteiger partial charge in [0.15, 0.2) is 5.16 Å². The molecule has 1 saturated carbocycles. The number of carbonyl (C=O) groups is 2. The Kier molecular flexibility index (Phi) is 6.36. The minimum atomic E-state index is -0.207. The standard InChI is InChI=1S/C23H25N5O2S/c1-15(2)16-7-11-18(12-8-16)28-14-24-27-23(28)31-13-21(29)26-20-6-4-3-5-19(20)22(30)25-17-9-10-17/h3-8,11-12,14-15,17H,9-10,13H2,1-2H3,(H,25,30)(H,26,29). The number of hydrogen-bond donors (Lipinski definition) is 2. The highest BCUT2D eigenvalue weighted by Gasteiger charge is 2.25. The van der Waals surface area contributed by atoms with E-state index in [1.54, 1.807) is 30.6 Å². The molecule has 0 bridgehead atoms. The van der Waals surface area contributed by atoms with E-state index in [2.05, 4.69) is 46.8 Å². The third-order valence-electron chi connectivity index (χ3n) is 5.05. The van der Waals surface area contributed by atoms with Crippen LogP contribution in [-0.2, 0) is 4.79 Å². The summed E-state index contributed by atoms with van der Waals surface area (Å²) in [4.78, 5) is 25.0. The molecule has 0 unspecified atom stereocenters. The number of carbonyl (C=O) groups excluding carboxylic acids is 2. The first kappa shape index (κ1) is 21.1. The zero-order valence-electron chi connectivity index (χ0n) is 17.5. The lowest BCUT2D eigenvalue weighted by Gasteiger charge is -2.11. The molecule has 0 radical (unpaired) electrons. The van der Waals surface area contributed by atoms with Crippen LogP contribution in [0.3, 0.4) is 0 Å². The van der Waals surface area contributed by atoms with E-state index in [4.69, 9.17) is 0 Å². The Bertz CT molecular complexity index is 1070. The highest BCUT2D eigenvalue weighted by molar-refractivity contribution is 7.99. The van der Waals surface area contributed by atoms with Gasteiger partial charge in [0.25, 0.3) is 5.91 Å². The minimum Gasteiger partial charge on any atom is -0.349 e. The molecule has 2 amide bonds. The van der Waals surface area contributed by atoms with Gasteiger partial charge in [0.1, 0.15) is 6.33 Å². The molecule has 8 heteroatoms. The highest BCUT2D eigenvalue weighted by Crippen LogP contribution is 2.24. The number of anilines is 1. The van der Waals surface area contributed by atoms with Crippen LogP contribution in [0, 0.1) is 0 Å². The van der Waals surface area contributed by atoms with Crippen molar-refractivity contribution in [2.45, 2.75) is 43.8 Å². The largest absolute Gasteiger partial charge is 0.349 e. The van der Waals surface area contributed by atoms with Crippen LogP contribution in [-0.4, -0.2) is 38.4 Å². The van der Waals surface area contributed by atoms with Gasteiger partial charge in [-0.1, -0.05) is 49.9 Å². The quantitative estimate of drug-likeness (QED) is 0.522. The lowest BCUT2D eigenvalue weighted by molar-refractivity contribution is -0.113. The Labute approximate surface area is 185 Å². The average molecular weight is 436 g/mol. The molecule has 1 aliphatic rings. The maximum Gasteiger partial charge on any atom is 0.253 e. The van der Waals surface area contributed by atoms with Gasteiger partial charge in [0.2, 0.25) is 5.91 Å². The van der Waals surface area contributed by atoms with Crippen LogP contribution in [0.25, 0.3) is 5.69 Å². The van der Waals surface area contributed by atoms with Gasteiger partial charge in [0.05, 0.1) is 17.0 Å². The van der Waals surface area contributed by atoms with Crippen LogP contribution in [0.2, 0.25) is 0 Å². The van der Waals surface area contributed by atoms with Crippen molar-refractivity contribution in [3.63, 3.8) is 0 Å². The van der Waals surface area contributed by atoms with Crippen LogP contribution >= 0.6 is 11.8 Å². The lowest BCUT2D eigenvalue weighted by atomic mass is 10.0. The van der Waals surface area contributed by atoms with E-state index in [9.17, 15) is 9.59 Å². The van der Waals surface area contributed by atoms with Crippen LogP contribution in [0.5, 0.6) is 0 Å². The van der Waals surface area contributed by atoms with Crippen LogP contribution in [0.15, 0.2) is 60.0 Å². The van der Waals surface area contributed by atoms with E-state index in [0.717, 1.165) is 18.5 Å². The van der Waals surface area contributed by atoms with Crippen LogP contribution < -0.4 is 10.6 Å². The number of para-hydroxylation sites is 1. The zero-order chi connectivity index (χ0) is 21.8. The van der Waals surface area contributed by atoms with E-state index in [1.807, 2.05) is 16.7 Å². The van der Waals surface area contributed by atoms with Crippen molar-refractivity contribution in [3.05, 3.63) is 66.0 Å². The van der Waals surface area contributed by atoms with Crippen molar-refractivity contribution in [2.24, 2.45) is 0 Å². The molecule has 1 heterocycles. The van der Waals surface area contributed by atoms with Crippen molar-refractivity contribution in [1.82, 2.24) is 20.1 Å². The summed E-state index contributed by atoms with van der Waals surface area (Å²) in [6.45, 7) is 4.31. The lowest BCUT2D eigenvalue weighted by Crippen LogP contribution is -2.27. The summed E-state index contributed by atoms with van der Waals surface area (Å²) < 4.78 is 1.86. The van der Waals surface area contributed by atoms with Crippen molar-refractivity contribution >= 4 is 29.3 Å². The van der Waals surface area contributed by atoms with Gasteiger partial charge in [-0.05, 0) is 48.6 Å². The summed E-state index contributed by atoms with van der Waals surface area (Å²) in [6.07, 6.45) is 3.66. The molecule has 3 aromatic rings. The normalized spacial score (nSPS) is 13.3.